The normalized spacial score (nSPS) is 11.3. The van der Waals surface area contributed by atoms with Gasteiger partial charge in [-0.3, -0.25) is 4.72 Å². The molecule has 0 aliphatic heterocycles. The molecule has 20 heavy (non-hydrogen) atoms. The molecule has 106 valence electrons. The molecule has 2 aromatic carbocycles. The molecule has 0 unspecified atom stereocenters. The largest absolute Gasteiger partial charge is 0.392 e. The van der Waals surface area contributed by atoms with Gasteiger partial charge in [-0.25, -0.2) is 8.42 Å². The first kappa shape index (κ1) is 14.6. The first-order valence-corrected chi connectivity index (χ1v) is 7.71. The zero-order valence-corrected chi connectivity index (χ0v) is 12.2. The Morgan fingerprint density at radius 1 is 1.10 bits per heavy atom. The van der Waals surface area contributed by atoms with E-state index in [4.69, 9.17) is 0 Å². The Hall–Kier alpha value is -1.85. The number of rotatable bonds is 4. The number of benzene rings is 2. The van der Waals surface area contributed by atoms with Crippen molar-refractivity contribution in [3.8, 4) is 0 Å². The molecule has 2 N–H and O–H groups in total. The number of sulfonamides is 1. The lowest BCUT2D eigenvalue weighted by atomic mass is 10.1. The van der Waals surface area contributed by atoms with Gasteiger partial charge in [0.15, 0.2) is 0 Å². The lowest BCUT2D eigenvalue weighted by molar-refractivity contribution is 0.278. The van der Waals surface area contributed by atoms with Gasteiger partial charge in [-0.05, 0) is 37.1 Å². The molecule has 0 aliphatic rings. The molecule has 0 heterocycles. The summed E-state index contributed by atoms with van der Waals surface area (Å²) in [6, 6.07) is 11.9. The van der Waals surface area contributed by atoms with E-state index in [1.54, 1.807) is 24.3 Å². The summed E-state index contributed by atoms with van der Waals surface area (Å²) in [6.07, 6.45) is 0. The second-order valence-corrected chi connectivity index (χ2v) is 6.34. The molecule has 0 aromatic heterocycles. The molecule has 2 rings (SSSR count). The van der Waals surface area contributed by atoms with Crippen molar-refractivity contribution in [2.24, 2.45) is 0 Å². The maximum atomic E-state index is 12.4. The van der Waals surface area contributed by atoms with Crippen molar-refractivity contribution < 1.29 is 13.5 Å². The summed E-state index contributed by atoms with van der Waals surface area (Å²) >= 11 is 0. The van der Waals surface area contributed by atoms with E-state index < -0.39 is 10.0 Å². The predicted octanol–water partition coefficient (Wildman–Crippen LogP) is 2.60. The summed E-state index contributed by atoms with van der Waals surface area (Å²) in [5.74, 6) is 0. The van der Waals surface area contributed by atoms with E-state index in [-0.39, 0.29) is 11.5 Å². The van der Waals surface area contributed by atoms with Crippen LogP contribution in [0.15, 0.2) is 47.4 Å². The van der Waals surface area contributed by atoms with Gasteiger partial charge in [0, 0.05) is 0 Å². The van der Waals surface area contributed by atoms with Crippen molar-refractivity contribution in [3.63, 3.8) is 0 Å². The van der Waals surface area contributed by atoms with E-state index in [0.29, 0.717) is 11.3 Å². The van der Waals surface area contributed by atoms with Gasteiger partial charge in [0.2, 0.25) is 0 Å². The second kappa shape index (κ2) is 5.64. The van der Waals surface area contributed by atoms with Crippen LogP contribution in [0.1, 0.15) is 16.7 Å². The monoisotopic (exact) mass is 291 g/mol. The highest BCUT2D eigenvalue weighted by molar-refractivity contribution is 7.92. The first-order chi connectivity index (χ1) is 9.44. The fraction of sp³-hybridized carbons (Fsp3) is 0.200. The van der Waals surface area contributed by atoms with Crippen LogP contribution < -0.4 is 4.72 Å². The van der Waals surface area contributed by atoms with E-state index in [1.807, 2.05) is 26.0 Å². The van der Waals surface area contributed by atoms with Crippen LogP contribution in [0.5, 0.6) is 0 Å². The highest BCUT2D eigenvalue weighted by Crippen LogP contribution is 2.22. The number of hydrogen-bond acceptors (Lipinski definition) is 3. The zero-order valence-electron chi connectivity index (χ0n) is 11.4. The molecule has 0 bridgehead atoms. The minimum absolute atomic E-state index is 0.0995. The van der Waals surface area contributed by atoms with E-state index in [9.17, 15) is 13.5 Å². The second-order valence-electron chi connectivity index (χ2n) is 4.69. The third kappa shape index (κ3) is 3.00. The Labute approximate surface area is 119 Å². The molecule has 4 nitrogen and oxygen atoms in total. The average Bonchev–Trinajstić information content (AvgIpc) is 2.42. The summed E-state index contributed by atoms with van der Waals surface area (Å²) in [7, 11) is -3.70. The quantitative estimate of drug-likeness (QED) is 0.910. The van der Waals surface area contributed by atoms with E-state index in [0.717, 1.165) is 11.1 Å². The SMILES string of the molecule is Cc1ccc(NS(=O)(=O)c2ccccc2CO)c(C)c1. The molecular weight excluding hydrogens is 274 g/mol. The number of aliphatic hydroxyl groups is 1. The molecule has 0 saturated heterocycles. The molecule has 0 radical (unpaired) electrons. The van der Waals surface area contributed by atoms with E-state index >= 15 is 0 Å². The summed E-state index contributed by atoms with van der Waals surface area (Å²) in [6.45, 7) is 3.49. The van der Waals surface area contributed by atoms with Crippen LogP contribution in [-0.2, 0) is 16.6 Å². The molecular formula is C15H17NO3S. The van der Waals surface area contributed by atoms with Crippen LogP contribution in [0.3, 0.4) is 0 Å². The van der Waals surface area contributed by atoms with Gasteiger partial charge >= 0.3 is 0 Å². The van der Waals surface area contributed by atoms with Gasteiger partial charge < -0.3 is 5.11 Å². The molecule has 0 atom stereocenters. The summed E-state index contributed by atoms with van der Waals surface area (Å²) in [5.41, 5.74) is 2.85. The molecule has 0 amide bonds. The molecule has 0 saturated carbocycles. The zero-order chi connectivity index (χ0) is 14.8. The Morgan fingerprint density at radius 2 is 1.80 bits per heavy atom. The smallest absolute Gasteiger partial charge is 0.262 e. The van der Waals surface area contributed by atoms with Gasteiger partial charge in [-0.2, -0.15) is 0 Å². The van der Waals surface area contributed by atoms with Crippen LogP contribution in [-0.4, -0.2) is 13.5 Å². The topological polar surface area (TPSA) is 66.4 Å². The van der Waals surface area contributed by atoms with Crippen molar-refractivity contribution in [3.05, 3.63) is 59.2 Å². The summed E-state index contributed by atoms with van der Waals surface area (Å²) in [5, 5.41) is 9.25. The first-order valence-electron chi connectivity index (χ1n) is 6.23. The third-order valence-electron chi connectivity index (χ3n) is 3.06. The molecule has 0 fully saturated rings. The molecule has 5 heteroatoms. The van der Waals surface area contributed by atoms with Crippen LogP contribution >= 0.6 is 0 Å². The fourth-order valence-electron chi connectivity index (χ4n) is 2.02. The minimum Gasteiger partial charge on any atom is -0.392 e. The van der Waals surface area contributed by atoms with Crippen molar-refractivity contribution in [1.29, 1.82) is 0 Å². The van der Waals surface area contributed by atoms with Crippen molar-refractivity contribution in [1.82, 2.24) is 0 Å². The number of hydrogen-bond donors (Lipinski definition) is 2. The summed E-state index contributed by atoms with van der Waals surface area (Å²) < 4.78 is 27.4. The van der Waals surface area contributed by atoms with Gasteiger partial charge in [-0.15, -0.1) is 0 Å². The van der Waals surface area contributed by atoms with Crippen molar-refractivity contribution in [2.45, 2.75) is 25.3 Å². The van der Waals surface area contributed by atoms with Crippen LogP contribution in [0.2, 0.25) is 0 Å². The van der Waals surface area contributed by atoms with Crippen molar-refractivity contribution >= 4 is 15.7 Å². The molecule has 2 aromatic rings. The van der Waals surface area contributed by atoms with Gasteiger partial charge in [0.1, 0.15) is 0 Å². The van der Waals surface area contributed by atoms with Crippen LogP contribution in [0.4, 0.5) is 5.69 Å². The minimum atomic E-state index is -3.70. The lowest BCUT2D eigenvalue weighted by Crippen LogP contribution is -2.15. The maximum Gasteiger partial charge on any atom is 0.262 e. The highest BCUT2D eigenvalue weighted by atomic mass is 32.2. The maximum absolute atomic E-state index is 12.4. The predicted molar refractivity (Wildman–Crippen MR) is 79.1 cm³/mol. The third-order valence-corrected chi connectivity index (χ3v) is 4.52. The number of anilines is 1. The Kier molecular flexibility index (Phi) is 4.11. The Morgan fingerprint density at radius 3 is 2.45 bits per heavy atom. The van der Waals surface area contributed by atoms with Crippen LogP contribution in [0.25, 0.3) is 0 Å². The van der Waals surface area contributed by atoms with Gasteiger partial charge in [0.25, 0.3) is 10.0 Å². The van der Waals surface area contributed by atoms with E-state index in [1.165, 1.54) is 6.07 Å². The van der Waals surface area contributed by atoms with Crippen molar-refractivity contribution in [2.75, 3.05) is 4.72 Å². The van der Waals surface area contributed by atoms with Gasteiger partial charge in [-0.1, -0.05) is 35.9 Å². The standard InChI is InChI=1S/C15H17NO3S/c1-11-7-8-14(12(2)9-11)16-20(18,19)15-6-4-3-5-13(15)10-17/h3-9,16-17H,10H2,1-2H3. The number of aryl methyl sites for hydroxylation is 2. The molecule has 0 spiro atoms. The fourth-order valence-corrected chi connectivity index (χ4v) is 3.39. The van der Waals surface area contributed by atoms with Gasteiger partial charge in [0.05, 0.1) is 17.2 Å². The molecule has 0 aliphatic carbocycles. The number of aliphatic hydroxyl groups excluding tert-OH is 1. The Bertz CT molecular complexity index is 724. The van der Waals surface area contributed by atoms with Crippen LogP contribution in [0, 0.1) is 13.8 Å². The lowest BCUT2D eigenvalue weighted by Gasteiger charge is -2.13. The Balaban J connectivity index is 2.41. The summed E-state index contributed by atoms with van der Waals surface area (Å²) in [4.78, 5) is 0.0995. The highest BCUT2D eigenvalue weighted by Gasteiger charge is 2.18. The van der Waals surface area contributed by atoms with E-state index in [2.05, 4.69) is 4.72 Å². The number of nitrogens with one attached hydrogen (secondary N) is 1. The average molecular weight is 291 g/mol.